The predicted octanol–water partition coefficient (Wildman–Crippen LogP) is 1.62. The van der Waals surface area contributed by atoms with Crippen molar-refractivity contribution in [3.63, 3.8) is 0 Å². The Labute approximate surface area is 170 Å². The Hall–Kier alpha value is -2.90. The van der Waals surface area contributed by atoms with Gasteiger partial charge in [0.15, 0.2) is 0 Å². The fourth-order valence-electron chi connectivity index (χ4n) is 4.54. The largest absolute Gasteiger partial charge is 0.356 e. The van der Waals surface area contributed by atoms with Gasteiger partial charge in [-0.1, -0.05) is 0 Å². The van der Waals surface area contributed by atoms with Gasteiger partial charge in [0.2, 0.25) is 5.91 Å². The van der Waals surface area contributed by atoms with E-state index < -0.39 is 0 Å². The second kappa shape index (κ2) is 8.23. The molecule has 0 aliphatic carbocycles. The fourth-order valence-corrected chi connectivity index (χ4v) is 4.54. The van der Waals surface area contributed by atoms with Crippen LogP contribution in [0.15, 0.2) is 30.9 Å². The summed E-state index contributed by atoms with van der Waals surface area (Å²) >= 11 is 0. The quantitative estimate of drug-likeness (QED) is 0.801. The first-order chi connectivity index (χ1) is 14.1. The van der Waals surface area contributed by atoms with E-state index in [2.05, 4.69) is 25.2 Å². The molecule has 29 heavy (non-hydrogen) atoms. The monoisotopic (exact) mass is 396 g/mol. The number of carbonyl (C=O) groups excluding carboxylic acids is 2. The van der Waals surface area contributed by atoms with Crippen LogP contribution in [0.3, 0.4) is 0 Å². The van der Waals surface area contributed by atoms with E-state index in [-0.39, 0.29) is 17.2 Å². The topological polar surface area (TPSA) is 94.2 Å². The Morgan fingerprint density at radius 3 is 2.86 bits per heavy atom. The van der Waals surface area contributed by atoms with E-state index in [9.17, 15) is 9.59 Å². The molecule has 0 atom stereocenters. The number of rotatable bonds is 5. The molecule has 2 aromatic rings. The van der Waals surface area contributed by atoms with Gasteiger partial charge < -0.3 is 20.1 Å². The molecule has 2 amide bonds. The van der Waals surface area contributed by atoms with Crippen molar-refractivity contribution in [3.05, 3.63) is 42.1 Å². The Kier molecular flexibility index (Phi) is 5.51. The van der Waals surface area contributed by atoms with Crippen LogP contribution in [0.1, 0.15) is 41.7 Å². The second-order valence-corrected chi connectivity index (χ2v) is 8.08. The van der Waals surface area contributed by atoms with Crippen molar-refractivity contribution in [1.82, 2.24) is 25.2 Å². The highest BCUT2D eigenvalue weighted by atomic mass is 16.2. The molecule has 8 heteroatoms. The van der Waals surface area contributed by atoms with Gasteiger partial charge in [-0.25, -0.2) is 9.97 Å². The van der Waals surface area contributed by atoms with Crippen LogP contribution in [0.5, 0.6) is 0 Å². The molecule has 2 saturated heterocycles. The van der Waals surface area contributed by atoms with Crippen molar-refractivity contribution >= 4 is 17.6 Å². The Bertz CT molecular complexity index is 858. The van der Waals surface area contributed by atoms with Gasteiger partial charge in [0.25, 0.3) is 5.91 Å². The Morgan fingerprint density at radius 2 is 2.14 bits per heavy atom. The summed E-state index contributed by atoms with van der Waals surface area (Å²) in [7, 11) is 1.64. The van der Waals surface area contributed by atoms with E-state index in [0.29, 0.717) is 12.0 Å². The maximum absolute atomic E-state index is 12.5. The lowest BCUT2D eigenvalue weighted by Gasteiger charge is -2.47. The lowest BCUT2D eigenvalue weighted by molar-refractivity contribution is -0.138. The first-order valence-corrected chi connectivity index (χ1v) is 10.3. The smallest absolute Gasteiger partial charge is 0.254 e. The second-order valence-electron chi connectivity index (χ2n) is 8.08. The van der Waals surface area contributed by atoms with Crippen LogP contribution >= 0.6 is 0 Å². The first-order valence-electron chi connectivity index (χ1n) is 10.3. The summed E-state index contributed by atoms with van der Waals surface area (Å²) in [5.41, 5.74) is 1.84. The summed E-state index contributed by atoms with van der Waals surface area (Å²) in [5, 5.41) is 2.70. The number of hydrogen-bond acceptors (Lipinski definition) is 5. The molecular formula is C21H28N6O2. The molecule has 0 unspecified atom stereocenters. The van der Waals surface area contributed by atoms with Crippen LogP contribution < -0.4 is 10.2 Å². The third kappa shape index (κ3) is 4.11. The van der Waals surface area contributed by atoms with Crippen molar-refractivity contribution in [2.45, 2.75) is 32.1 Å². The fraction of sp³-hybridized carbons (Fsp3) is 0.524. The zero-order valence-corrected chi connectivity index (χ0v) is 16.9. The number of carbonyl (C=O) groups is 2. The number of anilines is 1. The molecule has 2 aliphatic rings. The van der Waals surface area contributed by atoms with Crippen molar-refractivity contribution in [2.24, 2.45) is 5.41 Å². The molecule has 1 spiro atoms. The molecule has 4 rings (SSSR count). The summed E-state index contributed by atoms with van der Waals surface area (Å²) in [4.78, 5) is 40.5. The number of pyridine rings is 1. The minimum atomic E-state index is -0.110. The predicted molar refractivity (Wildman–Crippen MR) is 110 cm³/mol. The van der Waals surface area contributed by atoms with Crippen molar-refractivity contribution in [2.75, 3.05) is 38.1 Å². The molecule has 0 bridgehead atoms. The summed E-state index contributed by atoms with van der Waals surface area (Å²) < 4.78 is 0. The summed E-state index contributed by atoms with van der Waals surface area (Å²) in [6.07, 6.45) is 9.62. The number of imidazole rings is 1. The van der Waals surface area contributed by atoms with E-state index in [4.69, 9.17) is 0 Å². The maximum Gasteiger partial charge on any atom is 0.254 e. The van der Waals surface area contributed by atoms with Gasteiger partial charge in [0, 0.05) is 64.2 Å². The average Bonchev–Trinajstić information content (AvgIpc) is 3.28. The first kappa shape index (κ1) is 19.4. The average molecular weight is 396 g/mol. The molecular weight excluding hydrogens is 368 g/mol. The summed E-state index contributed by atoms with van der Waals surface area (Å²) in [5.74, 6) is 0.899. The molecule has 2 fully saturated rings. The highest BCUT2D eigenvalue weighted by molar-refractivity contribution is 5.98. The van der Waals surface area contributed by atoms with Crippen LogP contribution in [0, 0.1) is 5.41 Å². The molecule has 154 valence electrons. The molecule has 0 saturated carbocycles. The van der Waals surface area contributed by atoms with Crippen molar-refractivity contribution in [3.8, 4) is 0 Å². The molecule has 2 aliphatic heterocycles. The molecule has 2 aromatic heterocycles. The number of piperidine rings is 2. The number of nitrogens with zero attached hydrogens (tertiary/aromatic N) is 4. The number of amides is 2. The molecule has 0 aromatic carbocycles. The molecule has 8 nitrogen and oxygen atoms in total. The van der Waals surface area contributed by atoms with Gasteiger partial charge in [-0.05, 0) is 36.8 Å². The SMILES string of the molecule is CNC(=O)c1cccnc1N1CCC2(CCC(=O)N(CCc3cnc[nH]3)C2)CC1. The number of aromatic nitrogens is 3. The van der Waals surface area contributed by atoms with Crippen LogP contribution in [0.2, 0.25) is 0 Å². The van der Waals surface area contributed by atoms with Crippen LogP contribution in [-0.2, 0) is 11.2 Å². The van der Waals surface area contributed by atoms with Gasteiger partial charge >= 0.3 is 0 Å². The van der Waals surface area contributed by atoms with E-state index in [1.165, 1.54) is 0 Å². The van der Waals surface area contributed by atoms with E-state index >= 15 is 0 Å². The zero-order valence-electron chi connectivity index (χ0n) is 16.9. The van der Waals surface area contributed by atoms with Crippen LogP contribution in [0.4, 0.5) is 5.82 Å². The van der Waals surface area contributed by atoms with Crippen LogP contribution in [0.25, 0.3) is 0 Å². The van der Waals surface area contributed by atoms with Gasteiger partial charge in [-0.2, -0.15) is 0 Å². The minimum Gasteiger partial charge on any atom is -0.356 e. The summed E-state index contributed by atoms with van der Waals surface area (Å²) in [6.45, 7) is 3.25. The third-order valence-electron chi connectivity index (χ3n) is 6.34. The number of aromatic amines is 1. The Balaban J connectivity index is 1.40. The lowest BCUT2D eigenvalue weighted by atomic mass is 9.72. The number of hydrogen-bond donors (Lipinski definition) is 2. The Morgan fingerprint density at radius 1 is 1.31 bits per heavy atom. The third-order valence-corrected chi connectivity index (χ3v) is 6.34. The minimum absolute atomic E-state index is 0.110. The van der Waals surface area contributed by atoms with E-state index in [1.807, 2.05) is 17.2 Å². The lowest BCUT2D eigenvalue weighted by Crippen LogP contribution is -2.52. The highest BCUT2D eigenvalue weighted by Crippen LogP contribution is 2.41. The van der Waals surface area contributed by atoms with Gasteiger partial charge in [0.1, 0.15) is 5.82 Å². The van der Waals surface area contributed by atoms with Crippen LogP contribution in [-0.4, -0.2) is 64.9 Å². The zero-order chi connectivity index (χ0) is 20.3. The maximum atomic E-state index is 12.5. The number of likely N-dealkylation sites (tertiary alicyclic amines) is 1. The molecule has 2 N–H and O–H groups in total. The van der Waals surface area contributed by atoms with E-state index in [0.717, 1.165) is 63.4 Å². The molecule has 0 radical (unpaired) electrons. The van der Waals surface area contributed by atoms with Gasteiger partial charge in [-0.15, -0.1) is 0 Å². The standard InChI is InChI=1S/C21H28N6O2/c1-22-20(29)17-3-2-9-24-19(17)26-11-7-21(8-12-26)6-4-18(28)27(14-21)10-5-16-13-23-15-25-16/h2-3,9,13,15H,4-8,10-12,14H2,1H3,(H,22,29)(H,23,25). The van der Waals surface area contributed by atoms with Crippen molar-refractivity contribution in [1.29, 1.82) is 0 Å². The number of H-pyrrole nitrogens is 1. The summed E-state index contributed by atoms with van der Waals surface area (Å²) in [6, 6.07) is 3.62. The highest BCUT2D eigenvalue weighted by Gasteiger charge is 2.41. The van der Waals surface area contributed by atoms with Crippen molar-refractivity contribution < 1.29 is 9.59 Å². The molecule has 4 heterocycles. The van der Waals surface area contributed by atoms with Gasteiger partial charge in [0.05, 0.1) is 11.9 Å². The van der Waals surface area contributed by atoms with E-state index in [1.54, 1.807) is 25.6 Å². The number of nitrogens with one attached hydrogen (secondary N) is 2. The van der Waals surface area contributed by atoms with Gasteiger partial charge in [-0.3, -0.25) is 9.59 Å². The normalized spacial score (nSPS) is 18.9.